The number of nitrogens with zero attached hydrogens (tertiary/aromatic N) is 5. The molecule has 0 saturated carbocycles. The van der Waals surface area contributed by atoms with Crippen molar-refractivity contribution < 1.29 is 57.3 Å². The number of halogens is 6. The van der Waals surface area contributed by atoms with Gasteiger partial charge in [-0.15, -0.1) is 0 Å². The molecule has 2 atom stereocenters. The molecule has 0 bridgehead atoms. The van der Waals surface area contributed by atoms with E-state index in [-0.39, 0.29) is 59.8 Å². The van der Waals surface area contributed by atoms with Crippen LogP contribution >= 0.6 is 58.0 Å². The van der Waals surface area contributed by atoms with Gasteiger partial charge in [-0.1, -0.05) is 107 Å². The number of piperidine rings is 4. The number of hydrogen-bond donors (Lipinski definition) is 4. The molecule has 0 radical (unpaired) electrons. The maximum atomic E-state index is 13.4. The van der Waals surface area contributed by atoms with Gasteiger partial charge in [-0.2, -0.15) is 0 Å². The maximum Gasteiger partial charge on any atom is 0.321 e. The third-order valence-corrected chi connectivity index (χ3v) is 22.1. The molecule has 3 amide bonds. The van der Waals surface area contributed by atoms with E-state index in [1.807, 2.05) is 78.6 Å². The predicted octanol–water partition coefficient (Wildman–Crippen LogP) is 15.5. The lowest BCUT2D eigenvalue weighted by molar-refractivity contribution is -0.144. The van der Waals surface area contributed by atoms with Gasteiger partial charge < -0.3 is 44.9 Å². The number of fused-ring (bicyclic) bond motifs is 1. The number of hydrogen-bond acceptors (Lipinski definition) is 13. The van der Waals surface area contributed by atoms with Crippen molar-refractivity contribution in [2.24, 2.45) is 5.92 Å². The SMILES string of the molecule is Cc1c(Cl)ccc(OC2CCN(C3CCN(C(=O)c4cccc(S(C)(=O)=O)c4)CC3)CC2)c1Cl.O=C(Nc1ccccc1OCCO)N[C@@H]1CCN(Cc2ccc3cc(F)ccc3c2)C1.O=C(O)[C@H](Cc1ccc(Cl)cc1)N1CCC(CN2CCC(Oc3ccc(Cl)c(Cl)c3)CC2)CC1.[HH].[HH].[HH].[HH]. The minimum atomic E-state index is -3.34. The van der Waals surface area contributed by atoms with Crippen LogP contribution in [0, 0.1) is 18.7 Å². The Morgan fingerprint density at radius 2 is 1.32 bits per heavy atom. The van der Waals surface area contributed by atoms with Crippen molar-refractivity contribution >= 4 is 102 Å². The minimum absolute atomic E-state index is 0. The van der Waals surface area contributed by atoms with Crippen LogP contribution in [0.3, 0.4) is 0 Å². The monoisotopic (exact) mass is 1480 g/mol. The quantitative estimate of drug-likeness (QED) is 0.0563. The van der Waals surface area contributed by atoms with Crippen molar-refractivity contribution in [3.05, 3.63) is 193 Å². The molecule has 7 aromatic carbocycles. The summed E-state index contributed by atoms with van der Waals surface area (Å²) in [5.41, 5.74) is 4.00. The van der Waals surface area contributed by atoms with Crippen LogP contribution in [-0.4, -0.2) is 183 Å². The van der Waals surface area contributed by atoms with Crippen LogP contribution < -0.4 is 24.8 Å². The minimum Gasteiger partial charge on any atom is -0.490 e. The highest BCUT2D eigenvalue weighted by Gasteiger charge is 2.34. The van der Waals surface area contributed by atoms with Gasteiger partial charge in [-0.05, 0) is 203 Å². The number of ether oxygens (including phenoxy) is 3. The number of likely N-dealkylation sites (tertiary alicyclic amines) is 5. The molecule has 4 N–H and O–H groups in total. The lowest BCUT2D eigenvalue weighted by atomic mass is 9.93. The lowest BCUT2D eigenvalue weighted by Gasteiger charge is -2.41. The molecule has 5 aliphatic heterocycles. The first-order chi connectivity index (χ1) is 47.6. The second kappa shape index (κ2) is 35.9. The van der Waals surface area contributed by atoms with Crippen LogP contribution in [0.15, 0.2) is 144 Å². The number of urea groups is 1. The molecule has 17 nitrogen and oxygen atoms in total. The fraction of sp³-hybridized carbons (Fsp3) is 0.427. The highest BCUT2D eigenvalue weighted by atomic mass is 35.5. The third kappa shape index (κ3) is 21.8. The average molecular weight is 1480 g/mol. The number of carbonyl (C=O) groups excluding carboxylic acids is 2. The van der Waals surface area contributed by atoms with E-state index in [1.165, 1.54) is 23.8 Å². The predicted molar refractivity (Wildman–Crippen MR) is 400 cm³/mol. The third-order valence-electron chi connectivity index (χ3n) is 19.2. The Bertz CT molecular complexity index is 4010. The Kier molecular flexibility index (Phi) is 27.3. The summed E-state index contributed by atoms with van der Waals surface area (Å²) in [7, 11) is -3.34. The summed E-state index contributed by atoms with van der Waals surface area (Å²) in [5.74, 6) is 1.50. The van der Waals surface area contributed by atoms with Crippen molar-refractivity contribution in [1.82, 2.24) is 29.8 Å². The van der Waals surface area contributed by atoms with Gasteiger partial charge in [0.1, 0.15) is 47.9 Å². The second-order valence-electron chi connectivity index (χ2n) is 26.2. The van der Waals surface area contributed by atoms with Crippen LogP contribution in [-0.2, 0) is 27.6 Å². The Morgan fingerprint density at radius 3 is 2.03 bits per heavy atom. The number of nitrogens with one attached hydrogen (secondary N) is 2. The smallest absolute Gasteiger partial charge is 0.321 e. The first kappa shape index (κ1) is 75.2. The van der Waals surface area contributed by atoms with Crippen LogP contribution in [0.4, 0.5) is 14.9 Å². The molecule has 5 aliphatic rings. The Balaban J connectivity index is 0.000000238. The van der Waals surface area contributed by atoms with Crippen LogP contribution in [0.25, 0.3) is 10.8 Å². The Morgan fingerprint density at radius 1 is 0.657 bits per heavy atom. The van der Waals surface area contributed by atoms with E-state index in [1.54, 1.807) is 48.5 Å². The molecule has 24 heteroatoms. The molecule has 99 heavy (non-hydrogen) atoms. The number of para-hydroxylation sites is 2. The highest BCUT2D eigenvalue weighted by molar-refractivity contribution is 7.90. The van der Waals surface area contributed by atoms with Gasteiger partial charge in [-0.25, -0.2) is 17.6 Å². The largest absolute Gasteiger partial charge is 0.490 e. The van der Waals surface area contributed by atoms with Crippen LogP contribution in [0.2, 0.25) is 25.1 Å². The number of carboxylic acid groups (broad SMARTS) is 1. The Hall–Kier alpha value is -6.46. The lowest BCUT2D eigenvalue weighted by Crippen LogP contribution is -2.50. The molecular weight excluding hydrogens is 1390 g/mol. The summed E-state index contributed by atoms with van der Waals surface area (Å²) in [6, 6.07) is 40.6. The van der Waals surface area contributed by atoms with Crippen molar-refractivity contribution in [1.29, 1.82) is 0 Å². The molecule has 0 spiro atoms. The van der Waals surface area contributed by atoms with Crippen molar-refractivity contribution in [2.45, 2.75) is 113 Å². The summed E-state index contributed by atoms with van der Waals surface area (Å²) >= 11 is 30.6. The van der Waals surface area contributed by atoms with Crippen molar-refractivity contribution in [3.63, 3.8) is 0 Å². The summed E-state index contributed by atoms with van der Waals surface area (Å²) < 4.78 is 54.7. The molecule has 5 saturated heterocycles. The van der Waals surface area contributed by atoms with Gasteiger partial charge in [0.15, 0.2) is 9.84 Å². The summed E-state index contributed by atoms with van der Waals surface area (Å²) in [4.78, 5) is 48.8. The fourth-order valence-corrected chi connectivity index (χ4v) is 15.1. The number of anilines is 1. The zero-order valence-corrected chi connectivity index (χ0v) is 60.4. The average Bonchev–Trinajstić information content (AvgIpc) is 1.34. The molecule has 0 aliphatic carbocycles. The second-order valence-corrected chi connectivity index (χ2v) is 30.3. The van der Waals surface area contributed by atoms with E-state index in [9.17, 15) is 32.3 Å². The van der Waals surface area contributed by atoms with Gasteiger partial charge in [0, 0.05) is 111 Å². The number of carboxylic acids is 1. The molecule has 7 aromatic rings. The van der Waals surface area contributed by atoms with E-state index >= 15 is 0 Å². The van der Waals surface area contributed by atoms with Crippen molar-refractivity contribution in [3.8, 4) is 17.2 Å². The van der Waals surface area contributed by atoms with Crippen LogP contribution in [0.1, 0.15) is 90.5 Å². The highest BCUT2D eigenvalue weighted by Crippen LogP contribution is 2.36. The number of amides is 3. The number of aliphatic hydroxyl groups excluding tert-OH is 1. The molecule has 12 rings (SSSR count). The maximum absolute atomic E-state index is 13.4. The molecule has 0 aromatic heterocycles. The van der Waals surface area contributed by atoms with E-state index in [4.69, 9.17) is 77.3 Å². The van der Waals surface area contributed by atoms with Crippen molar-refractivity contribution in [2.75, 3.05) is 96.8 Å². The van der Waals surface area contributed by atoms with Crippen LogP contribution in [0.5, 0.6) is 17.2 Å². The van der Waals surface area contributed by atoms with Gasteiger partial charge in [-0.3, -0.25) is 24.3 Å². The summed E-state index contributed by atoms with van der Waals surface area (Å²) in [6.45, 7) is 12.4. The first-order valence-corrected chi connectivity index (χ1v) is 37.7. The zero-order valence-electron chi connectivity index (χ0n) is 55.8. The molecule has 5 fully saturated rings. The molecule has 538 valence electrons. The fourth-order valence-electron chi connectivity index (χ4n) is 13.6. The number of benzene rings is 7. The van der Waals surface area contributed by atoms with Gasteiger partial charge >= 0.3 is 12.0 Å². The number of sulfone groups is 1. The van der Waals surface area contributed by atoms with Gasteiger partial charge in [0.25, 0.3) is 5.91 Å². The van der Waals surface area contributed by atoms with E-state index < -0.39 is 21.8 Å². The van der Waals surface area contributed by atoms with Gasteiger partial charge in [0.2, 0.25) is 0 Å². The zero-order chi connectivity index (χ0) is 70.2. The molecule has 5 heterocycles. The summed E-state index contributed by atoms with van der Waals surface area (Å²) in [5, 5.41) is 29.5. The molecular formula is C75H95Cl5FN7O10S. The number of aliphatic hydroxyl groups is 1. The Labute approximate surface area is 611 Å². The van der Waals surface area contributed by atoms with E-state index in [2.05, 4.69) is 36.3 Å². The summed E-state index contributed by atoms with van der Waals surface area (Å²) in [6.07, 6.45) is 10.6. The number of carbonyl (C=O) groups is 3. The number of rotatable bonds is 20. The molecule has 0 unspecified atom stereocenters. The normalized spacial score (nSPS) is 18.4. The van der Waals surface area contributed by atoms with E-state index in [0.717, 1.165) is 157 Å². The first-order valence-electron chi connectivity index (χ1n) is 33.9. The topological polar surface area (TPSA) is 194 Å². The standard InChI is InChI=1S/C26H31Cl3N2O3.C25H30Cl2N2O4S.C24H26FN3O3.4H2/c27-20-3-1-18(2-4-20)15-25(26(32)33)31-13-7-19(8-14-31)17-30-11-9-21(10-12-30)34-22-5-6-23(28)24(29)16-22;1-17-22(26)6-7-23(24(17)27)33-20-10-14-28(15-11-20)19-8-12-29(13-9-19)25(30)18-4-3-5-21(16-18)34(2,31)32;25-20-8-7-18-13-17(5-6-19(18)14-20)15-28-10-9-21(16-28)26-24(30)27-22-3-1-2-4-23(22)31-12-11-29;;;;/h1-6,16,19,21,25H,7-15,17H2,(H,32,33);3-7,16,19-20H,8-15H2,1-2H3;1-8,13-14,21,29H,9-12,15-16H2,(H2,26,27,30);4*1H/t25-;;21-;;;;/m0.1..../s1. The van der Waals surface area contributed by atoms with E-state index in [0.29, 0.717) is 79.3 Å². The van der Waals surface area contributed by atoms with Gasteiger partial charge in [0.05, 0.1) is 32.3 Å². The number of aliphatic carboxylic acids is 1.